The van der Waals surface area contributed by atoms with Crippen LogP contribution < -0.4 is 16.2 Å². The van der Waals surface area contributed by atoms with Crippen LogP contribution in [0.25, 0.3) is 16.6 Å². The fourth-order valence-electron chi connectivity index (χ4n) is 3.14. The molecule has 0 bridgehead atoms. The zero-order valence-corrected chi connectivity index (χ0v) is 18.4. The monoisotopic (exact) mass is 433 g/mol. The predicted molar refractivity (Wildman–Crippen MR) is 125 cm³/mol. The molecule has 0 unspecified atom stereocenters. The minimum absolute atomic E-state index is 0.110. The van der Waals surface area contributed by atoms with Crippen LogP contribution in [0.15, 0.2) is 58.5 Å². The Morgan fingerprint density at radius 1 is 1.00 bits per heavy atom. The molecule has 2 aromatic carbocycles. The molecule has 0 amide bonds. The average Bonchev–Trinajstić information content (AvgIpc) is 2.77. The Morgan fingerprint density at radius 2 is 1.74 bits per heavy atom. The highest BCUT2D eigenvalue weighted by atomic mass is 32.2. The van der Waals surface area contributed by atoms with E-state index in [0.717, 1.165) is 12.1 Å². The van der Waals surface area contributed by atoms with Crippen LogP contribution in [0.4, 0.5) is 11.9 Å². The highest BCUT2D eigenvalue weighted by molar-refractivity contribution is 7.98. The zero-order chi connectivity index (χ0) is 22.0. The summed E-state index contributed by atoms with van der Waals surface area (Å²) in [4.78, 5) is 32.7. The molecule has 0 saturated carbocycles. The topological polar surface area (TPSA) is 103 Å². The number of thioether (sulfide) groups is 1. The van der Waals surface area contributed by atoms with E-state index in [9.17, 15) is 4.79 Å². The van der Waals surface area contributed by atoms with E-state index in [0.29, 0.717) is 33.6 Å². The fraction of sp³-hybridized carbons (Fsp3) is 0.227. The van der Waals surface area contributed by atoms with Gasteiger partial charge in [-0.25, -0.2) is 4.98 Å². The molecule has 0 saturated heterocycles. The number of benzene rings is 2. The van der Waals surface area contributed by atoms with Gasteiger partial charge in [0.05, 0.1) is 22.3 Å². The molecular formula is C22H23N7OS. The molecule has 31 heavy (non-hydrogen) atoms. The van der Waals surface area contributed by atoms with E-state index in [-0.39, 0.29) is 11.5 Å². The quantitative estimate of drug-likeness (QED) is 0.366. The Kier molecular flexibility index (Phi) is 5.85. The molecule has 4 rings (SSSR count). The molecular weight excluding hydrogens is 410 g/mol. The summed E-state index contributed by atoms with van der Waals surface area (Å²) in [6, 6.07) is 15.3. The largest absolute Gasteiger partial charge is 0.368 e. The Morgan fingerprint density at radius 3 is 2.45 bits per heavy atom. The number of para-hydroxylation sites is 1. The van der Waals surface area contributed by atoms with Gasteiger partial charge in [-0.1, -0.05) is 43.0 Å². The third-order valence-electron chi connectivity index (χ3n) is 4.77. The number of aromatic nitrogens is 5. The minimum atomic E-state index is -0.110. The van der Waals surface area contributed by atoms with Gasteiger partial charge in [0.2, 0.25) is 11.9 Å². The van der Waals surface area contributed by atoms with Crippen LogP contribution in [0, 0.1) is 0 Å². The SMILES string of the molecule is CCc1ccc(-n2c(SCc3nc(N)nc(N(C)C)n3)nc3ccccc3c2=O)cc1. The Labute approximate surface area is 184 Å². The molecule has 0 spiro atoms. The normalized spacial score (nSPS) is 11.1. The van der Waals surface area contributed by atoms with E-state index in [1.165, 1.54) is 17.3 Å². The van der Waals surface area contributed by atoms with Crippen LogP contribution in [-0.4, -0.2) is 38.6 Å². The van der Waals surface area contributed by atoms with Crippen molar-refractivity contribution in [3.05, 3.63) is 70.3 Å². The first-order valence-electron chi connectivity index (χ1n) is 9.88. The van der Waals surface area contributed by atoms with Crippen molar-refractivity contribution >= 4 is 34.6 Å². The van der Waals surface area contributed by atoms with Gasteiger partial charge in [0, 0.05) is 14.1 Å². The number of rotatable bonds is 6. The number of anilines is 2. The van der Waals surface area contributed by atoms with Crippen molar-refractivity contribution in [3.8, 4) is 5.69 Å². The molecule has 2 aromatic heterocycles. The lowest BCUT2D eigenvalue weighted by molar-refractivity contribution is 0.817. The highest BCUT2D eigenvalue weighted by Crippen LogP contribution is 2.24. The van der Waals surface area contributed by atoms with E-state index in [2.05, 4.69) is 21.9 Å². The van der Waals surface area contributed by atoms with Crippen LogP contribution in [0.2, 0.25) is 0 Å². The summed E-state index contributed by atoms with van der Waals surface area (Å²) in [5.41, 5.74) is 8.36. The van der Waals surface area contributed by atoms with Crippen molar-refractivity contribution in [2.75, 3.05) is 24.7 Å². The van der Waals surface area contributed by atoms with Crippen LogP contribution in [0.1, 0.15) is 18.3 Å². The first-order chi connectivity index (χ1) is 15.0. The third-order valence-corrected chi connectivity index (χ3v) is 5.70. The van der Waals surface area contributed by atoms with Gasteiger partial charge in [0.1, 0.15) is 5.82 Å². The number of nitrogens with zero attached hydrogens (tertiary/aromatic N) is 6. The van der Waals surface area contributed by atoms with E-state index in [4.69, 9.17) is 10.7 Å². The molecule has 8 nitrogen and oxygen atoms in total. The van der Waals surface area contributed by atoms with Crippen molar-refractivity contribution in [2.24, 2.45) is 0 Å². The first kappa shape index (κ1) is 20.8. The molecule has 2 heterocycles. The summed E-state index contributed by atoms with van der Waals surface area (Å²) < 4.78 is 1.64. The van der Waals surface area contributed by atoms with Gasteiger partial charge < -0.3 is 10.6 Å². The maximum atomic E-state index is 13.4. The number of hydrogen-bond donors (Lipinski definition) is 1. The maximum Gasteiger partial charge on any atom is 0.266 e. The molecule has 0 aliphatic heterocycles. The van der Waals surface area contributed by atoms with Crippen molar-refractivity contribution in [2.45, 2.75) is 24.3 Å². The van der Waals surface area contributed by atoms with Crippen LogP contribution in [0.5, 0.6) is 0 Å². The lowest BCUT2D eigenvalue weighted by Crippen LogP contribution is -2.22. The lowest BCUT2D eigenvalue weighted by Gasteiger charge is -2.14. The summed E-state index contributed by atoms with van der Waals surface area (Å²) in [6.07, 6.45) is 0.932. The molecule has 2 N–H and O–H groups in total. The van der Waals surface area contributed by atoms with Crippen molar-refractivity contribution < 1.29 is 0 Å². The third kappa shape index (κ3) is 4.36. The van der Waals surface area contributed by atoms with Crippen LogP contribution >= 0.6 is 11.8 Å². The second kappa shape index (κ2) is 8.73. The Bertz CT molecular complexity index is 1290. The van der Waals surface area contributed by atoms with Gasteiger partial charge >= 0.3 is 0 Å². The highest BCUT2D eigenvalue weighted by Gasteiger charge is 2.15. The van der Waals surface area contributed by atoms with Crippen molar-refractivity contribution in [1.82, 2.24) is 24.5 Å². The molecule has 0 aliphatic rings. The molecule has 0 atom stereocenters. The standard InChI is InChI=1S/C22H23N7OS/c1-4-14-9-11-15(12-10-14)29-19(30)16-7-5-6-8-17(16)24-22(29)31-13-18-25-20(23)27-21(26-18)28(2)3/h5-12H,4,13H2,1-3H3,(H2,23,25,26,27). The molecule has 0 radical (unpaired) electrons. The van der Waals surface area contributed by atoms with E-state index >= 15 is 0 Å². The smallest absolute Gasteiger partial charge is 0.266 e. The summed E-state index contributed by atoms with van der Waals surface area (Å²) in [7, 11) is 3.68. The fourth-order valence-corrected chi connectivity index (χ4v) is 4.00. The molecule has 0 aliphatic carbocycles. The van der Waals surface area contributed by atoms with Gasteiger partial charge in [-0.2, -0.15) is 15.0 Å². The summed E-state index contributed by atoms with van der Waals surface area (Å²) in [6.45, 7) is 2.10. The van der Waals surface area contributed by atoms with Gasteiger partial charge in [-0.15, -0.1) is 0 Å². The summed E-state index contributed by atoms with van der Waals surface area (Å²) in [5, 5.41) is 1.14. The van der Waals surface area contributed by atoms with Gasteiger partial charge in [0.25, 0.3) is 5.56 Å². The molecule has 9 heteroatoms. The van der Waals surface area contributed by atoms with Gasteiger partial charge in [-0.05, 0) is 36.2 Å². The van der Waals surface area contributed by atoms with E-state index in [1.54, 1.807) is 15.5 Å². The number of aryl methyl sites for hydroxylation is 1. The second-order valence-corrected chi connectivity index (χ2v) is 8.11. The lowest BCUT2D eigenvalue weighted by atomic mass is 10.1. The number of fused-ring (bicyclic) bond motifs is 1. The Balaban J connectivity index is 1.78. The van der Waals surface area contributed by atoms with Gasteiger partial charge in [0.15, 0.2) is 5.16 Å². The first-order valence-corrected chi connectivity index (χ1v) is 10.9. The molecule has 158 valence electrons. The van der Waals surface area contributed by atoms with Gasteiger partial charge in [-0.3, -0.25) is 9.36 Å². The number of hydrogen-bond acceptors (Lipinski definition) is 8. The molecule has 4 aromatic rings. The summed E-state index contributed by atoms with van der Waals surface area (Å²) >= 11 is 1.39. The van der Waals surface area contributed by atoms with E-state index < -0.39 is 0 Å². The zero-order valence-electron chi connectivity index (χ0n) is 17.6. The van der Waals surface area contributed by atoms with Crippen molar-refractivity contribution in [1.29, 1.82) is 0 Å². The maximum absolute atomic E-state index is 13.4. The predicted octanol–water partition coefficient (Wildman–Crippen LogP) is 3.07. The van der Waals surface area contributed by atoms with Crippen LogP contribution in [0.3, 0.4) is 0 Å². The number of nitrogens with two attached hydrogens (primary N) is 1. The summed E-state index contributed by atoms with van der Waals surface area (Å²) in [5.74, 6) is 1.57. The average molecular weight is 434 g/mol. The molecule has 0 fully saturated rings. The number of nitrogen functional groups attached to an aromatic ring is 1. The van der Waals surface area contributed by atoms with Crippen LogP contribution in [-0.2, 0) is 12.2 Å². The minimum Gasteiger partial charge on any atom is -0.368 e. The Hall–Kier alpha value is -3.46. The van der Waals surface area contributed by atoms with Crippen molar-refractivity contribution in [3.63, 3.8) is 0 Å². The van der Waals surface area contributed by atoms with E-state index in [1.807, 2.05) is 56.6 Å². The second-order valence-electron chi connectivity index (χ2n) is 7.17.